The molecule has 0 spiro atoms. The lowest BCUT2D eigenvalue weighted by Gasteiger charge is -2.01. The molecular formula is C14H22O5. The first-order valence-electron chi connectivity index (χ1n) is 6.34. The summed E-state index contributed by atoms with van der Waals surface area (Å²) in [6.07, 6.45) is 4.99. The van der Waals surface area contributed by atoms with Gasteiger partial charge < -0.3 is 9.47 Å². The van der Waals surface area contributed by atoms with Crippen LogP contribution in [0.15, 0.2) is 11.6 Å². The lowest BCUT2D eigenvalue weighted by molar-refractivity contribution is -0.142. The van der Waals surface area contributed by atoms with Crippen molar-refractivity contribution in [3.63, 3.8) is 0 Å². The van der Waals surface area contributed by atoms with E-state index in [2.05, 4.69) is 9.47 Å². The van der Waals surface area contributed by atoms with Crippen molar-refractivity contribution < 1.29 is 23.9 Å². The number of ether oxygens (including phenoxy) is 2. The van der Waals surface area contributed by atoms with Gasteiger partial charge in [-0.05, 0) is 26.2 Å². The van der Waals surface area contributed by atoms with E-state index < -0.39 is 0 Å². The Morgan fingerprint density at radius 1 is 0.947 bits per heavy atom. The van der Waals surface area contributed by atoms with E-state index in [0.29, 0.717) is 12.0 Å². The molecule has 0 aromatic rings. The second-order valence-electron chi connectivity index (χ2n) is 4.24. The molecule has 0 bridgehead atoms. The van der Waals surface area contributed by atoms with Crippen molar-refractivity contribution in [1.82, 2.24) is 0 Å². The number of unbranched alkanes of at least 4 members (excludes halogenated alkanes) is 2. The highest BCUT2D eigenvalue weighted by Gasteiger charge is 2.06. The molecule has 0 aromatic heterocycles. The zero-order chi connectivity index (χ0) is 14.7. The number of allylic oxidation sites excluding steroid dienone is 1. The Morgan fingerprint density at radius 2 is 1.63 bits per heavy atom. The lowest BCUT2D eigenvalue weighted by atomic mass is 10.1. The van der Waals surface area contributed by atoms with Gasteiger partial charge in [-0.1, -0.05) is 6.08 Å². The molecule has 0 aromatic carbocycles. The summed E-state index contributed by atoms with van der Waals surface area (Å²) in [6, 6.07) is 0. The van der Waals surface area contributed by atoms with E-state index in [1.54, 1.807) is 6.92 Å². The molecular weight excluding hydrogens is 248 g/mol. The van der Waals surface area contributed by atoms with Gasteiger partial charge in [0, 0.05) is 18.4 Å². The van der Waals surface area contributed by atoms with Crippen molar-refractivity contribution in [2.24, 2.45) is 0 Å². The van der Waals surface area contributed by atoms with E-state index in [4.69, 9.17) is 0 Å². The van der Waals surface area contributed by atoms with E-state index in [1.165, 1.54) is 14.2 Å². The Hall–Kier alpha value is -1.65. The first-order chi connectivity index (χ1) is 9.01. The molecule has 0 amide bonds. The van der Waals surface area contributed by atoms with E-state index >= 15 is 0 Å². The van der Waals surface area contributed by atoms with Gasteiger partial charge in [-0.3, -0.25) is 9.59 Å². The Balaban J connectivity index is 3.67. The predicted octanol–water partition coefficient (Wildman–Crippen LogP) is 2.19. The molecule has 0 atom stereocenters. The summed E-state index contributed by atoms with van der Waals surface area (Å²) in [7, 11) is 2.66. The van der Waals surface area contributed by atoms with Crippen molar-refractivity contribution in [1.29, 1.82) is 0 Å². The number of methoxy groups -OCH3 is 2. The molecule has 0 saturated carbocycles. The third kappa shape index (κ3) is 8.99. The van der Waals surface area contributed by atoms with Crippen molar-refractivity contribution >= 4 is 17.7 Å². The van der Waals surface area contributed by atoms with Gasteiger partial charge in [0.15, 0.2) is 0 Å². The van der Waals surface area contributed by atoms with E-state index in [9.17, 15) is 14.4 Å². The van der Waals surface area contributed by atoms with Crippen LogP contribution in [-0.2, 0) is 23.9 Å². The second kappa shape index (κ2) is 10.3. The minimum absolute atomic E-state index is 0.0686. The Labute approximate surface area is 114 Å². The van der Waals surface area contributed by atoms with Crippen molar-refractivity contribution in [3.05, 3.63) is 11.6 Å². The molecule has 0 radical (unpaired) electrons. The van der Waals surface area contributed by atoms with Crippen LogP contribution in [0.1, 0.15) is 45.4 Å². The number of esters is 2. The lowest BCUT2D eigenvalue weighted by Crippen LogP contribution is -2.05. The first-order valence-corrected chi connectivity index (χ1v) is 6.34. The normalized spacial score (nSPS) is 11.0. The summed E-state index contributed by atoms with van der Waals surface area (Å²) in [5, 5.41) is 0. The molecule has 0 aliphatic heterocycles. The topological polar surface area (TPSA) is 69.7 Å². The first kappa shape index (κ1) is 17.4. The molecule has 19 heavy (non-hydrogen) atoms. The molecule has 0 rings (SSSR count). The zero-order valence-electron chi connectivity index (χ0n) is 11.9. The molecule has 0 N–H and O–H groups in total. The molecule has 0 fully saturated rings. The van der Waals surface area contributed by atoms with Gasteiger partial charge in [-0.2, -0.15) is 0 Å². The Morgan fingerprint density at radius 3 is 2.21 bits per heavy atom. The Kier molecular flexibility index (Phi) is 9.40. The molecule has 0 heterocycles. The van der Waals surface area contributed by atoms with Crippen LogP contribution < -0.4 is 0 Å². The van der Waals surface area contributed by atoms with Crippen LogP contribution in [0.5, 0.6) is 0 Å². The second-order valence-corrected chi connectivity index (χ2v) is 4.24. The number of rotatable bonds is 9. The largest absolute Gasteiger partial charge is 0.469 e. The van der Waals surface area contributed by atoms with Gasteiger partial charge in [-0.25, -0.2) is 4.79 Å². The molecule has 0 aliphatic carbocycles. The average molecular weight is 270 g/mol. The number of hydrogen-bond donors (Lipinski definition) is 0. The average Bonchev–Trinajstić information content (AvgIpc) is 2.42. The zero-order valence-corrected chi connectivity index (χ0v) is 11.9. The van der Waals surface area contributed by atoms with Gasteiger partial charge in [0.2, 0.25) is 0 Å². The van der Waals surface area contributed by atoms with Crippen molar-refractivity contribution in [2.45, 2.75) is 45.4 Å². The van der Waals surface area contributed by atoms with E-state index in [1.807, 2.05) is 6.08 Å². The van der Waals surface area contributed by atoms with Crippen LogP contribution in [-0.4, -0.2) is 31.9 Å². The Bertz CT molecular complexity index is 344. The van der Waals surface area contributed by atoms with Crippen LogP contribution in [0, 0.1) is 0 Å². The highest BCUT2D eigenvalue weighted by molar-refractivity contribution is 5.87. The van der Waals surface area contributed by atoms with Crippen LogP contribution in [0.2, 0.25) is 0 Å². The monoisotopic (exact) mass is 270 g/mol. The van der Waals surface area contributed by atoms with E-state index in [0.717, 1.165) is 19.3 Å². The molecule has 0 aliphatic rings. The third-order valence-corrected chi connectivity index (χ3v) is 2.70. The number of hydrogen-bond acceptors (Lipinski definition) is 5. The van der Waals surface area contributed by atoms with Crippen LogP contribution in [0.3, 0.4) is 0 Å². The predicted molar refractivity (Wildman–Crippen MR) is 70.5 cm³/mol. The molecule has 108 valence electrons. The van der Waals surface area contributed by atoms with Gasteiger partial charge in [0.1, 0.15) is 5.78 Å². The van der Waals surface area contributed by atoms with Gasteiger partial charge >= 0.3 is 11.9 Å². The van der Waals surface area contributed by atoms with Crippen molar-refractivity contribution in [3.8, 4) is 0 Å². The molecule has 0 unspecified atom stereocenters. The highest BCUT2D eigenvalue weighted by Crippen LogP contribution is 2.07. The fourth-order valence-corrected chi connectivity index (χ4v) is 1.50. The summed E-state index contributed by atoms with van der Waals surface area (Å²) in [5.41, 5.74) is 0.583. The number of carbonyl (C=O) groups is 3. The maximum Gasteiger partial charge on any atom is 0.333 e. The number of carbonyl (C=O) groups excluding carboxylic acids is 3. The molecule has 5 nitrogen and oxygen atoms in total. The fourth-order valence-electron chi connectivity index (χ4n) is 1.50. The maximum atomic E-state index is 11.4. The van der Waals surface area contributed by atoms with Gasteiger partial charge in [0.25, 0.3) is 0 Å². The fraction of sp³-hybridized carbons (Fsp3) is 0.643. The number of ketones is 1. The van der Waals surface area contributed by atoms with Gasteiger partial charge in [0.05, 0.1) is 20.6 Å². The SMILES string of the molecule is COC(=O)CCC(=O)CCCC/C=C(/C)C(=O)OC. The van der Waals surface area contributed by atoms with Crippen LogP contribution in [0.25, 0.3) is 0 Å². The molecule has 5 heteroatoms. The summed E-state index contributed by atoms with van der Waals surface area (Å²) in [4.78, 5) is 33.3. The van der Waals surface area contributed by atoms with Crippen LogP contribution >= 0.6 is 0 Å². The summed E-state index contributed by atoms with van der Waals surface area (Å²) >= 11 is 0. The minimum atomic E-state index is -0.356. The smallest absolute Gasteiger partial charge is 0.333 e. The van der Waals surface area contributed by atoms with Crippen LogP contribution in [0.4, 0.5) is 0 Å². The third-order valence-electron chi connectivity index (χ3n) is 2.70. The van der Waals surface area contributed by atoms with Crippen molar-refractivity contribution in [2.75, 3.05) is 14.2 Å². The molecule has 0 saturated heterocycles. The highest BCUT2D eigenvalue weighted by atomic mass is 16.5. The minimum Gasteiger partial charge on any atom is -0.469 e. The summed E-state index contributed by atoms with van der Waals surface area (Å²) in [5.74, 6) is -0.613. The maximum absolute atomic E-state index is 11.4. The quantitative estimate of drug-likeness (QED) is 0.365. The standard InChI is InChI=1S/C14H22O5/c1-11(14(17)19-3)7-5-4-6-8-12(15)9-10-13(16)18-2/h7H,4-6,8-10H2,1-3H3/b11-7-. The summed E-state index contributed by atoms with van der Waals surface area (Å²) in [6.45, 7) is 1.70. The van der Waals surface area contributed by atoms with E-state index in [-0.39, 0.29) is 30.6 Å². The summed E-state index contributed by atoms with van der Waals surface area (Å²) < 4.78 is 9.03. The van der Waals surface area contributed by atoms with Gasteiger partial charge in [-0.15, -0.1) is 0 Å². The number of Topliss-reactive ketones (excluding diaryl/α,β-unsaturated/α-hetero) is 1.